The molecule has 0 aromatic heterocycles. The normalized spacial score (nSPS) is 15.5. The van der Waals surface area contributed by atoms with Crippen molar-refractivity contribution in [2.24, 2.45) is 5.73 Å². The maximum absolute atomic E-state index is 9.89. The summed E-state index contributed by atoms with van der Waals surface area (Å²) in [4.78, 5) is 0. The number of aliphatic hydroxyl groups is 1. The van der Waals surface area contributed by atoms with Gasteiger partial charge in [-0.3, -0.25) is 0 Å². The molecule has 3 atom stereocenters. The lowest BCUT2D eigenvalue weighted by Crippen LogP contribution is -2.27. The number of benzene rings is 1. The highest BCUT2D eigenvalue weighted by Gasteiger charge is 2.13. The van der Waals surface area contributed by atoms with Crippen LogP contribution in [0.5, 0.6) is 5.75 Å². The first-order chi connectivity index (χ1) is 10.1. The van der Waals surface area contributed by atoms with E-state index < -0.39 is 6.10 Å². The van der Waals surface area contributed by atoms with E-state index in [1.807, 2.05) is 38.1 Å². The topological polar surface area (TPSA) is 73.9 Å². The van der Waals surface area contributed by atoms with Crippen molar-refractivity contribution in [2.75, 3.05) is 26.9 Å². The largest absolute Gasteiger partial charge is 0.490 e. The van der Waals surface area contributed by atoms with Crippen molar-refractivity contribution in [3.05, 3.63) is 29.8 Å². The molecule has 0 aliphatic carbocycles. The Morgan fingerprint density at radius 1 is 1.19 bits per heavy atom. The molecule has 0 saturated heterocycles. The number of methoxy groups -OCH3 is 1. The van der Waals surface area contributed by atoms with E-state index in [2.05, 4.69) is 0 Å². The van der Waals surface area contributed by atoms with Crippen LogP contribution in [0.1, 0.15) is 31.9 Å². The molecule has 0 fully saturated rings. The van der Waals surface area contributed by atoms with E-state index in [0.29, 0.717) is 6.61 Å². The summed E-state index contributed by atoms with van der Waals surface area (Å²) < 4.78 is 16.1. The second-order valence-electron chi connectivity index (χ2n) is 5.12. The summed E-state index contributed by atoms with van der Waals surface area (Å²) >= 11 is 0. The van der Waals surface area contributed by atoms with Crippen LogP contribution in [-0.4, -0.2) is 44.2 Å². The van der Waals surface area contributed by atoms with Crippen molar-refractivity contribution in [3.63, 3.8) is 0 Å². The van der Waals surface area contributed by atoms with E-state index in [1.165, 1.54) is 0 Å². The Kier molecular flexibility index (Phi) is 8.30. The lowest BCUT2D eigenvalue weighted by Gasteiger charge is -2.19. The first kappa shape index (κ1) is 17.9. The highest BCUT2D eigenvalue weighted by atomic mass is 16.5. The number of nitrogens with two attached hydrogens (primary N) is 1. The fourth-order valence-corrected chi connectivity index (χ4v) is 1.93. The highest BCUT2D eigenvalue weighted by molar-refractivity contribution is 5.35. The number of hydrogen-bond acceptors (Lipinski definition) is 5. The first-order valence-electron chi connectivity index (χ1n) is 7.34. The van der Waals surface area contributed by atoms with E-state index in [1.54, 1.807) is 7.11 Å². The number of rotatable bonds is 10. The molecule has 0 spiro atoms. The van der Waals surface area contributed by atoms with E-state index in [4.69, 9.17) is 19.9 Å². The Balaban J connectivity index is 2.44. The molecule has 0 radical (unpaired) electrons. The van der Waals surface area contributed by atoms with Crippen molar-refractivity contribution < 1.29 is 19.3 Å². The molecule has 0 saturated carbocycles. The SMILES string of the molecule is CC[C@H](N)c1ccccc1OCC(O)COC(C)COC. The van der Waals surface area contributed by atoms with E-state index >= 15 is 0 Å². The van der Waals surface area contributed by atoms with Crippen LogP contribution in [0.25, 0.3) is 0 Å². The van der Waals surface area contributed by atoms with Crippen LogP contribution in [0.15, 0.2) is 24.3 Å². The molecule has 0 aliphatic heterocycles. The molecule has 120 valence electrons. The summed E-state index contributed by atoms with van der Waals surface area (Å²) in [6.45, 7) is 4.81. The van der Waals surface area contributed by atoms with Gasteiger partial charge in [0.25, 0.3) is 0 Å². The summed E-state index contributed by atoms with van der Waals surface area (Å²) in [7, 11) is 1.62. The minimum atomic E-state index is -0.685. The van der Waals surface area contributed by atoms with E-state index in [0.717, 1.165) is 17.7 Å². The van der Waals surface area contributed by atoms with Gasteiger partial charge < -0.3 is 25.1 Å². The molecule has 2 unspecified atom stereocenters. The maximum atomic E-state index is 9.89. The van der Waals surface area contributed by atoms with Crippen molar-refractivity contribution in [1.82, 2.24) is 0 Å². The van der Waals surface area contributed by atoms with Gasteiger partial charge in [-0.05, 0) is 19.4 Å². The summed E-state index contributed by atoms with van der Waals surface area (Å²) in [6, 6.07) is 7.59. The third-order valence-corrected chi connectivity index (χ3v) is 3.16. The molecule has 1 rings (SSSR count). The van der Waals surface area contributed by atoms with E-state index in [-0.39, 0.29) is 25.4 Å². The fourth-order valence-electron chi connectivity index (χ4n) is 1.93. The average molecular weight is 297 g/mol. The second-order valence-corrected chi connectivity index (χ2v) is 5.12. The summed E-state index contributed by atoms with van der Waals surface area (Å²) in [6.07, 6.45) is 0.0984. The Bertz CT molecular complexity index is 400. The average Bonchev–Trinajstić information content (AvgIpc) is 2.50. The molecule has 21 heavy (non-hydrogen) atoms. The van der Waals surface area contributed by atoms with Gasteiger partial charge in [0.2, 0.25) is 0 Å². The number of hydrogen-bond donors (Lipinski definition) is 2. The molecule has 5 nitrogen and oxygen atoms in total. The molecular weight excluding hydrogens is 270 g/mol. The van der Waals surface area contributed by atoms with Crippen LogP contribution in [0.2, 0.25) is 0 Å². The maximum Gasteiger partial charge on any atom is 0.124 e. The molecule has 1 aromatic carbocycles. The van der Waals surface area contributed by atoms with Crippen LogP contribution < -0.4 is 10.5 Å². The monoisotopic (exact) mass is 297 g/mol. The summed E-state index contributed by atoms with van der Waals surface area (Å²) in [5.74, 6) is 0.718. The van der Waals surface area contributed by atoms with Crippen LogP contribution in [0.4, 0.5) is 0 Å². The molecule has 0 aliphatic rings. The number of aliphatic hydroxyl groups excluding tert-OH is 1. The minimum Gasteiger partial charge on any atom is -0.490 e. The van der Waals surface area contributed by atoms with Gasteiger partial charge in [-0.15, -0.1) is 0 Å². The lowest BCUT2D eigenvalue weighted by molar-refractivity contribution is -0.0423. The lowest BCUT2D eigenvalue weighted by atomic mass is 10.0. The Hall–Kier alpha value is -1.14. The smallest absolute Gasteiger partial charge is 0.124 e. The molecule has 1 aromatic rings. The van der Waals surface area contributed by atoms with Crippen molar-refractivity contribution in [3.8, 4) is 5.75 Å². The van der Waals surface area contributed by atoms with Gasteiger partial charge in [-0.1, -0.05) is 25.1 Å². The predicted octanol–water partition coefficient (Wildman–Crippen LogP) is 1.89. The van der Waals surface area contributed by atoms with Gasteiger partial charge in [0.05, 0.1) is 19.3 Å². The highest BCUT2D eigenvalue weighted by Crippen LogP contribution is 2.25. The molecular formula is C16H27NO4. The van der Waals surface area contributed by atoms with Gasteiger partial charge >= 0.3 is 0 Å². The zero-order valence-electron chi connectivity index (χ0n) is 13.1. The number of ether oxygens (including phenoxy) is 3. The van der Waals surface area contributed by atoms with Crippen LogP contribution in [0.3, 0.4) is 0 Å². The third kappa shape index (κ3) is 6.44. The van der Waals surface area contributed by atoms with Crippen LogP contribution >= 0.6 is 0 Å². The zero-order valence-corrected chi connectivity index (χ0v) is 13.1. The van der Waals surface area contributed by atoms with Crippen LogP contribution in [-0.2, 0) is 9.47 Å². The van der Waals surface area contributed by atoms with Crippen LogP contribution in [0, 0.1) is 0 Å². The quantitative estimate of drug-likeness (QED) is 0.690. The van der Waals surface area contributed by atoms with Gasteiger partial charge in [0, 0.05) is 18.7 Å². The number of para-hydroxylation sites is 1. The second kappa shape index (κ2) is 9.73. The fraction of sp³-hybridized carbons (Fsp3) is 0.625. The summed E-state index contributed by atoms with van der Waals surface area (Å²) in [5, 5.41) is 9.89. The zero-order chi connectivity index (χ0) is 15.7. The molecule has 0 amide bonds. The van der Waals surface area contributed by atoms with Gasteiger partial charge in [0.1, 0.15) is 18.5 Å². The molecule has 3 N–H and O–H groups in total. The first-order valence-corrected chi connectivity index (χ1v) is 7.34. The molecule has 5 heteroatoms. The van der Waals surface area contributed by atoms with Gasteiger partial charge in [0.15, 0.2) is 0 Å². The van der Waals surface area contributed by atoms with Gasteiger partial charge in [-0.25, -0.2) is 0 Å². The van der Waals surface area contributed by atoms with E-state index in [9.17, 15) is 5.11 Å². The van der Waals surface area contributed by atoms with Crippen molar-refractivity contribution in [2.45, 2.75) is 38.5 Å². The minimum absolute atomic E-state index is 0.0505. The predicted molar refractivity (Wildman–Crippen MR) is 82.5 cm³/mol. The standard InChI is InChI=1S/C16H27NO4/c1-4-15(17)14-7-5-6-8-16(14)21-11-13(18)10-20-12(2)9-19-3/h5-8,12-13,15,18H,4,9-11,17H2,1-3H3/t12?,13?,15-/m0/s1. The third-order valence-electron chi connectivity index (χ3n) is 3.16. The molecule has 0 bridgehead atoms. The van der Waals surface area contributed by atoms with Gasteiger partial charge in [-0.2, -0.15) is 0 Å². The molecule has 0 heterocycles. The Morgan fingerprint density at radius 3 is 2.57 bits per heavy atom. The van der Waals surface area contributed by atoms with Crippen molar-refractivity contribution >= 4 is 0 Å². The Morgan fingerprint density at radius 2 is 1.90 bits per heavy atom. The Labute approximate surface area is 127 Å². The van der Waals surface area contributed by atoms with Crippen molar-refractivity contribution in [1.29, 1.82) is 0 Å². The summed E-state index contributed by atoms with van der Waals surface area (Å²) in [5.41, 5.74) is 7.01.